The molecule has 0 radical (unpaired) electrons. The second kappa shape index (κ2) is 4.81. The lowest BCUT2D eigenvalue weighted by atomic mass is 10.3. The Bertz CT molecular complexity index is 136. The van der Waals surface area contributed by atoms with Gasteiger partial charge in [-0.05, 0) is 17.5 Å². The van der Waals surface area contributed by atoms with Crippen molar-refractivity contribution in [1.82, 2.24) is 5.32 Å². The average Bonchev–Trinajstić information content (AvgIpc) is 1.88. The summed E-state index contributed by atoms with van der Waals surface area (Å²) in [6.45, 7) is 6.38. The summed E-state index contributed by atoms with van der Waals surface area (Å²) >= 11 is 0. The van der Waals surface area contributed by atoms with Crippen molar-refractivity contribution in [3.8, 4) is 0 Å². The van der Waals surface area contributed by atoms with Crippen LogP contribution in [0.15, 0.2) is 0 Å². The van der Waals surface area contributed by atoms with E-state index in [-0.39, 0.29) is 0 Å². The molecule has 4 heteroatoms. The zero-order valence-corrected chi connectivity index (χ0v) is 8.32. The van der Waals surface area contributed by atoms with Crippen molar-refractivity contribution in [2.45, 2.75) is 38.9 Å². The fraction of sp³-hybridized carbons (Fsp3) is 1.00. The van der Waals surface area contributed by atoms with Crippen LogP contribution in [0.3, 0.4) is 0 Å². The molecule has 0 spiro atoms. The normalized spacial score (nSPS) is 13.3. The van der Waals surface area contributed by atoms with Gasteiger partial charge in [0.1, 0.15) is 0 Å². The molecule has 11 heavy (non-hydrogen) atoms. The Morgan fingerprint density at radius 2 is 2.09 bits per heavy atom. The summed E-state index contributed by atoms with van der Waals surface area (Å²) in [5.41, 5.74) is 0. The molecule has 0 aliphatic heterocycles. The Kier molecular flexibility index (Phi) is 4.82. The Morgan fingerprint density at radius 3 is 2.45 bits per heavy atom. The molecule has 0 rings (SSSR count). The standard InChI is InChI=1S/C7H16NO2P/c1-4-5-6-8-7(2,3)11(9)10/h8H,4-6H2,1-3H3/p+1. The minimum atomic E-state index is -2.12. The van der Waals surface area contributed by atoms with Crippen LogP contribution in [0.2, 0.25) is 0 Å². The molecule has 1 atom stereocenters. The zero-order valence-electron chi connectivity index (χ0n) is 7.42. The third kappa shape index (κ3) is 4.46. The van der Waals surface area contributed by atoms with Gasteiger partial charge in [0.05, 0.1) is 0 Å². The molecule has 0 saturated heterocycles. The highest BCUT2D eigenvalue weighted by Crippen LogP contribution is 2.31. The Morgan fingerprint density at radius 1 is 1.55 bits per heavy atom. The van der Waals surface area contributed by atoms with E-state index in [4.69, 9.17) is 4.89 Å². The van der Waals surface area contributed by atoms with Crippen LogP contribution in [-0.2, 0) is 4.57 Å². The summed E-state index contributed by atoms with van der Waals surface area (Å²) in [4.78, 5) is 8.83. The second-order valence-corrected chi connectivity index (χ2v) is 4.78. The fourth-order valence-electron chi connectivity index (χ4n) is 0.639. The van der Waals surface area contributed by atoms with Crippen LogP contribution in [0.4, 0.5) is 0 Å². The van der Waals surface area contributed by atoms with Crippen molar-refractivity contribution >= 4 is 8.03 Å². The Balaban J connectivity index is 3.64. The lowest BCUT2D eigenvalue weighted by Gasteiger charge is -2.11. The minimum Gasteiger partial charge on any atom is -0.269 e. The smallest absolute Gasteiger partial charge is 0.269 e. The van der Waals surface area contributed by atoms with Crippen molar-refractivity contribution in [3.63, 3.8) is 0 Å². The van der Waals surface area contributed by atoms with E-state index in [1.807, 2.05) is 0 Å². The molecule has 0 saturated carbocycles. The summed E-state index contributed by atoms with van der Waals surface area (Å²) in [5, 5.41) is 2.39. The molecule has 0 aromatic rings. The van der Waals surface area contributed by atoms with Crippen molar-refractivity contribution in [2.24, 2.45) is 0 Å². The van der Waals surface area contributed by atoms with Crippen molar-refractivity contribution in [3.05, 3.63) is 0 Å². The molecule has 0 aromatic carbocycles. The van der Waals surface area contributed by atoms with Crippen LogP contribution < -0.4 is 5.32 Å². The molecule has 0 aromatic heterocycles. The monoisotopic (exact) mass is 178 g/mol. The van der Waals surface area contributed by atoms with Crippen LogP contribution in [0.25, 0.3) is 0 Å². The maximum absolute atomic E-state index is 10.7. The molecule has 0 aliphatic rings. The first-order valence-electron chi connectivity index (χ1n) is 3.92. The zero-order chi connectivity index (χ0) is 8.91. The Labute approximate surface area is 69.1 Å². The van der Waals surface area contributed by atoms with Gasteiger partial charge in [0.2, 0.25) is 5.28 Å². The van der Waals surface area contributed by atoms with Gasteiger partial charge in [-0.3, -0.25) is 5.32 Å². The highest BCUT2D eigenvalue weighted by molar-refractivity contribution is 7.39. The van der Waals surface area contributed by atoms with Gasteiger partial charge < -0.3 is 0 Å². The van der Waals surface area contributed by atoms with E-state index in [2.05, 4.69) is 12.2 Å². The Hall–Kier alpha value is 0.0200. The molecular weight excluding hydrogens is 161 g/mol. The van der Waals surface area contributed by atoms with E-state index in [1.54, 1.807) is 13.8 Å². The summed E-state index contributed by atoms with van der Waals surface area (Å²) in [7, 11) is -2.12. The summed E-state index contributed by atoms with van der Waals surface area (Å²) in [5.74, 6) is 0. The van der Waals surface area contributed by atoms with E-state index >= 15 is 0 Å². The van der Waals surface area contributed by atoms with Gasteiger partial charge >= 0.3 is 8.03 Å². The largest absolute Gasteiger partial charge is 0.527 e. The molecule has 0 amide bonds. The quantitative estimate of drug-likeness (QED) is 0.499. The first kappa shape index (κ1) is 11.0. The van der Waals surface area contributed by atoms with Crippen LogP contribution in [0, 0.1) is 0 Å². The summed E-state index contributed by atoms with van der Waals surface area (Å²) in [6, 6.07) is 0. The average molecular weight is 178 g/mol. The topological polar surface area (TPSA) is 49.3 Å². The minimum absolute atomic E-state index is 0.634. The van der Waals surface area contributed by atoms with Crippen LogP contribution in [-0.4, -0.2) is 16.7 Å². The number of unbranched alkanes of at least 4 members (excludes halogenated alkanes) is 1. The molecular formula is C7H17NO2P+. The number of hydrogen-bond donors (Lipinski definition) is 2. The van der Waals surface area contributed by atoms with E-state index in [1.165, 1.54) is 0 Å². The maximum atomic E-state index is 10.7. The predicted octanol–water partition coefficient (Wildman–Crippen LogP) is 1.85. The second-order valence-electron chi connectivity index (χ2n) is 3.11. The summed E-state index contributed by atoms with van der Waals surface area (Å²) < 4.78 is 10.7. The lowest BCUT2D eigenvalue weighted by Crippen LogP contribution is -2.36. The molecule has 66 valence electrons. The predicted molar refractivity (Wildman–Crippen MR) is 46.8 cm³/mol. The third-order valence-corrected chi connectivity index (χ3v) is 2.68. The molecule has 1 unspecified atom stereocenters. The molecule has 0 aliphatic carbocycles. The molecule has 0 bridgehead atoms. The van der Waals surface area contributed by atoms with Crippen LogP contribution >= 0.6 is 8.03 Å². The van der Waals surface area contributed by atoms with Gasteiger partial charge in [0.25, 0.3) is 0 Å². The van der Waals surface area contributed by atoms with Gasteiger partial charge in [-0.2, -0.15) is 4.89 Å². The lowest BCUT2D eigenvalue weighted by molar-refractivity contribution is 0.423. The highest BCUT2D eigenvalue weighted by atomic mass is 31.1. The first-order valence-corrected chi connectivity index (χ1v) is 5.13. The molecule has 2 N–H and O–H groups in total. The van der Waals surface area contributed by atoms with Gasteiger partial charge in [-0.15, -0.1) is 0 Å². The highest BCUT2D eigenvalue weighted by Gasteiger charge is 2.37. The van der Waals surface area contributed by atoms with E-state index < -0.39 is 13.3 Å². The van der Waals surface area contributed by atoms with Gasteiger partial charge in [0, 0.05) is 13.8 Å². The maximum Gasteiger partial charge on any atom is 0.527 e. The van der Waals surface area contributed by atoms with E-state index in [0.29, 0.717) is 0 Å². The van der Waals surface area contributed by atoms with Crippen LogP contribution in [0.5, 0.6) is 0 Å². The fourth-order valence-corrected chi connectivity index (χ4v) is 0.886. The van der Waals surface area contributed by atoms with Gasteiger partial charge in [-0.1, -0.05) is 13.3 Å². The van der Waals surface area contributed by atoms with E-state index in [0.717, 1.165) is 19.4 Å². The molecule has 3 nitrogen and oxygen atoms in total. The van der Waals surface area contributed by atoms with Crippen molar-refractivity contribution in [2.75, 3.05) is 6.54 Å². The number of nitrogens with one attached hydrogen (secondary N) is 1. The van der Waals surface area contributed by atoms with E-state index in [9.17, 15) is 4.57 Å². The first-order chi connectivity index (χ1) is 5.00. The van der Waals surface area contributed by atoms with Crippen LogP contribution in [0.1, 0.15) is 33.6 Å². The summed E-state index contributed by atoms with van der Waals surface area (Å²) in [6.07, 6.45) is 2.15. The molecule has 0 heterocycles. The van der Waals surface area contributed by atoms with Gasteiger partial charge in [0.15, 0.2) is 0 Å². The number of rotatable bonds is 5. The number of hydrogen-bond acceptors (Lipinski definition) is 2. The molecule has 0 fully saturated rings. The van der Waals surface area contributed by atoms with Crippen molar-refractivity contribution < 1.29 is 9.46 Å². The third-order valence-electron chi connectivity index (χ3n) is 1.57. The van der Waals surface area contributed by atoms with Crippen molar-refractivity contribution in [1.29, 1.82) is 0 Å². The van der Waals surface area contributed by atoms with Gasteiger partial charge in [-0.25, -0.2) is 0 Å². The SMILES string of the molecule is CCCCNC(C)(C)[P+](=O)O.